The normalized spacial score (nSPS) is 21.9. The number of thioether (sulfide) groups is 1. The van der Waals surface area contributed by atoms with Gasteiger partial charge in [-0.1, -0.05) is 0 Å². The summed E-state index contributed by atoms with van der Waals surface area (Å²) in [6.07, 6.45) is 1.67. The van der Waals surface area contributed by atoms with Gasteiger partial charge in [0.05, 0.1) is 21.8 Å². The summed E-state index contributed by atoms with van der Waals surface area (Å²) in [6.45, 7) is 4.41. The number of carboxylic acids is 1. The molecule has 12 heteroatoms. The van der Waals surface area contributed by atoms with Gasteiger partial charge in [-0.2, -0.15) is 5.10 Å². The van der Waals surface area contributed by atoms with Crippen LogP contribution in [0.1, 0.15) is 25.6 Å². The number of carbonyl (C=O) groups excluding carboxylic acids is 4. The molecule has 0 spiro atoms. The summed E-state index contributed by atoms with van der Waals surface area (Å²) >= 11 is 4.62. The van der Waals surface area contributed by atoms with E-state index >= 15 is 0 Å². The molecule has 0 aliphatic carbocycles. The highest BCUT2D eigenvalue weighted by Gasteiger charge is 2.53. The number of halogens is 1. The van der Waals surface area contributed by atoms with Crippen LogP contribution in [-0.2, 0) is 23.9 Å². The first kappa shape index (κ1) is 21.4. The van der Waals surface area contributed by atoms with Crippen LogP contribution in [0.3, 0.4) is 0 Å². The van der Waals surface area contributed by atoms with Gasteiger partial charge in [-0.25, -0.2) is 0 Å². The Morgan fingerprint density at radius 2 is 2.17 bits per heavy atom. The zero-order chi connectivity index (χ0) is 21.5. The fourth-order valence-corrected chi connectivity index (χ4v) is 4.64. The number of amides is 2. The van der Waals surface area contributed by atoms with Crippen molar-refractivity contribution in [3.05, 3.63) is 27.6 Å². The zero-order valence-corrected chi connectivity index (χ0v) is 18.2. The standard InChI is InChI=1S/C17H19BrN4O6S/c1-7-11(18)4-21(20-7)8(2)14(24)19-12-15(25)22-13(17(26)27)10(5-28-9(3)23)6-29-16(12)22/h4,8,12,16H,5-6H2,1-3H3,(H,19,24)(H,26,27)/p-1. The first-order valence-corrected chi connectivity index (χ1v) is 10.5. The fraction of sp³-hybridized carbons (Fsp3) is 0.471. The highest BCUT2D eigenvalue weighted by atomic mass is 79.9. The number of hydrogen-bond donors (Lipinski definition) is 1. The van der Waals surface area contributed by atoms with Crippen molar-refractivity contribution in [3.63, 3.8) is 0 Å². The maximum Gasteiger partial charge on any atom is 0.302 e. The summed E-state index contributed by atoms with van der Waals surface area (Å²) in [6, 6.07) is -1.52. The second-order valence-corrected chi connectivity index (χ2v) is 8.59. The van der Waals surface area contributed by atoms with Crippen LogP contribution in [0.25, 0.3) is 0 Å². The van der Waals surface area contributed by atoms with Gasteiger partial charge in [-0.05, 0) is 29.8 Å². The molecule has 3 heterocycles. The average Bonchev–Trinajstić information content (AvgIpc) is 3.00. The lowest BCUT2D eigenvalue weighted by atomic mass is 10.0. The van der Waals surface area contributed by atoms with Gasteiger partial charge in [0, 0.05) is 24.4 Å². The fourth-order valence-electron chi connectivity index (χ4n) is 3.02. The Morgan fingerprint density at radius 1 is 1.48 bits per heavy atom. The molecule has 1 saturated heterocycles. The lowest BCUT2D eigenvalue weighted by Gasteiger charge is -2.50. The van der Waals surface area contributed by atoms with Gasteiger partial charge in [0.15, 0.2) is 0 Å². The largest absolute Gasteiger partial charge is 0.543 e. The summed E-state index contributed by atoms with van der Waals surface area (Å²) in [5.41, 5.74) is 0.706. The van der Waals surface area contributed by atoms with E-state index < -0.39 is 41.2 Å². The second-order valence-electron chi connectivity index (χ2n) is 6.63. The summed E-state index contributed by atoms with van der Waals surface area (Å²) in [5.74, 6) is -2.82. The SMILES string of the molecule is CC(=O)OCC1=C(C(=O)[O-])N2C(=O)C(NC(=O)C(C)n3cc(Br)c(C)n3)C2SC1. The molecule has 0 radical (unpaired) electrons. The Kier molecular flexibility index (Phi) is 6.03. The first-order valence-electron chi connectivity index (χ1n) is 8.64. The molecule has 2 aliphatic rings. The van der Waals surface area contributed by atoms with Crippen LogP contribution in [-0.4, -0.2) is 62.2 Å². The van der Waals surface area contributed by atoms with Gasteiger partial charge in [-0.3, -0.25) is 24.0 Å². The third-order valence-corrected chi connectivity index (χ3v) is 6.74. The minimum Gasteiger partial charge on any atom is -0.543 e. The molecule has 1 N–H and O–H groups in total. The van der Waals surface area contributed by atoms with E-state index in [-0.39, 0.29) is 23.6 Å². The lowest BCUT2D eigenvalue weighted by Crippen LogP contribution is -2.71. The van der Waals surface area contributed by atoms with Gasteiger partial charge < -0.3 is 20.0 Å². The Labute approximate surface area is 178 Å². The number of aryl methyl sites for hydroxylation is 1. The van der Waals surface area contributed by atoms with Crippen molar-refractivity contribution in [1.29, 1.82) is 0 Å². The van der Waals surface area contributed by atoms with Gasteiger partial charge >= 0.3 is 5.97 Å². The number of fused-ring (bicyclic) bond motifs is 1. The molecule has 1 aromatic rings. The van der Waals surface area contributed by atoms with Crippen molar-refractivity contribution in [2.75, 3.05) is 12.4 Å². The molecular weight excluding hydrogens is 468 g/mol. The van der Waals surface area contributed by atoms with E-state index in [0.717, 1.165) is 15.1 Å². The molecule has 1 fully saturated rings. The van der Waals surface area contributed by atoms with Crippen molar-refractivity contribution in [2.24, 2.45) is 0 Å². The van der Waals surface area contributed by atoms with E-state index in [1.165, 1.54) is 23.4 Å². The lowest BCUT2D eigenvalue weighted by molar-refractivity contribution is -0.301. The van der Waals surface area contributed by atoms with E-state index in [2.05, 4.69) is 26.3 Å². The van der Waals surface area contributed by atoms with Crippen molar-refractivity contribution >= 4 is 51.4 Å². The number of aliphatic carboxylic acids is 1. The predicted molar refractivity (Wildman–Crippen MR) is 103 cm³/mol. The minimum atomic E-state index is -1.53. The number of carbonyl (C=O) groups is 4. The van der Waals surface area contributed by atoms with Crippen molar-refractivity contribution in [2.45, 2.75) is 38.2 Å². The van der Waals surface area contributed by atoms with E-state index in [4.69, 9.17) is 4.74 Å². The van der Waals surface area contributed by atoms with Crippen LogP contribution in [0.2, 0.25) is 0 Å². The molecule has 156 valence electrons. The molecule has 3 atom stereocenters. The van der Waals surface area contributed by atoms with Gasteiger partial charge in [0.25, 0.3) is 5.91 Å². The summed E-state index contributed by atoms with van der Waals surface area (Å²) < 4.78 is 7.10. The molecule has 3 rings (SSSR count). The topological polar surface area (TPSA) is 134 Å². The van der Waals surface area contributed by atoms with Crippen molar-refractivity contribution in [1.82, 2.24) is 20.0 Å². The molecule has 3 unspecified atom stereocenters. The molecule has 0 aromatic carbocycles. The van der Waals surface area contributed by atoms with Crippen LogP contribution in [0.5, 0.6) is 0 Å². The third kappa shape index (κ3) is 4.04. The van der Waals surface area contributed by atoms with Gasteiger partial charge in [-0.15, -0.1) is 11.8 Å². The molecule has 2 aliphatic heterocycles. The van der Waals surface area contributed by atoms with Gasteiger partial charge in [0.2, 0.25) is 5.91 Å². The molecule has 0 bridgehead atoms. The van der Waals surface area contributed by atoms with E-state index in [9.17, 15) is 24.3 Å². The van der Waals surface area contributed by atoms with Crippen molar-refractivity contribution < 1.29 is 29.0 Å². The molecular formula is C17H18BrN4O6S-. The van der Waals surface area contributed by atoms with Crippen molar-refractivity contribution in [3.8, 4) is 0 Å². The number of nitrogens with one attached hydrogen (secondary N) is 1. The monoisotopic (exact) mass is 485 g/mol. The highest BCUT2D eigenvalue weighted by Crippen LogP contribution is 2.40. The zero-order valence-electron chi connectivity index (χ0n) is 15.8. The second kappa shape index (κ2) is 8.19. The maximum atomic E-state index is 12.6. The molecule has 0 saturated carbocycles. The Morgan fingerprint density at radius 3 is 2.72 bits per heavy atom. The highest BCUT2D eigenvalue weighted by molar-refractivity contribution is 9.10. The van der Waals surface area contributed by atoms with Crippen LogP contribution < -0.4 is 10.4 Å². The number of aromatic nitrogens is 2. The van der Waals surface area contributed by atoms with E-state index in [0.29, 0.717) is 0 Å². The summed E-state index contributed by atoms with van der Waals surface area (Å²) in [5, 5.41) is 17.9. The summed E-state index contributed by atoms with van der Waals surface area (Å²) in [7, 11) is 0. The molecule has 1 aromatic heterocycles. The smallest absolute Gasteiger partial charge is 0.302 e. The number of ether oxygens (including phenoxy) is 1. The number of nitrogens with zero attached hydrogens (tertiary/aromatic N) is 3. The van der Waals surface area contributed by atoms with E-state index in [1.807, 2.05) is 0 Å². The van der Waals surface area contributed by atoms with E-state index in [1.54, 1.807) is 20.0 Å². The predicted octanol–water partition coefficient (Wildman–Crippen LogP) is -0.518. The number of carboxylic acid groups (broad SMARTS) is 1. The molecule has 29 heavy (non-hydrogen) atoms. The maximum absolute atomic E-state index is 12.6. The average molecular weight is 486 g/mol. The molecule has 10 nitrogen and oxygen atoms in total. The third-order valence-electron chi connectivity index (χ3n) is 4.62. The van der Waals surface area contributed by atoms with Crippen LogP contribution in [0, 0.1) is 6.92 Å². The van der Waals surface area contributed by atoms with Gasteiger partial charge in [0.1, 0.15) is 24.1 Å². The number of β-lactam (4-membered cyclic amide) rings is 1. The van der Waals surface area contributed by atoms with Crippen LogP contribution in [0.15, 0.2) is 21.9 Å². The van der Waals surface area contributed by atoms with Crippen LogP contribution in [0.4, 0.5) is 0 Å². The number of rotatable bonds is 6. The first-order chi connectivity index (χ1) is 13.6. The Hall–Kier alpha value is -2.34. The Bertz CT molecular complexity index is 910. The number of hydrogen-bond acceptors (Lipinski definition) is 8. The minimum absolute atomic E-state index is 0.232. The number of esters is 1. The molecule has 2 amide bonds. The Balaban J connectivity index is 1.72. The summed E-state index contributed by atoms with van der Waals surface area (Å²) in [4.78, 5) is 48.8. The quantitative estimate of drug-likeness (QED) is 0.420. The van der Waals surface area contributed by atoms with Crippen LogP contribution >= 0.6 is 27.7 Å².